The monoisotopic (exact) mass is 278 g/mol. The second-order valence-corrected chi connectivity index (χ2v) is 6.15. The van der Waals surface area contributed by atoms with Gasteiger partial charge >= 0.3 is 0 Å². The van der Waals surface area contributed by atoms with Gasteiger partial charge < -0.3 is 15.6 Å². The van der Waals surface area contributed by atoms with Gasteiger partial charge in [-0.15, -0.1) is 0 Å². The zero-order valence-corrected chi connectivity index (χ0v) is 11.8. The van der Waals surface area contributed by atoms with Crippen molar-refractivity contribution in [2.75, 3.05) is 0 Å². The van der Waals surface area contributed by atoms with Crippen LogP contribution in [0, 0.1) is 24.7 Å². The Morgan fingerprint density at radius 2 is 2.10 bits per heavy atom. The summed E-state index contributed by atoms with van der Waals surface area (Å²) in [5, 5.41) is 6.62. The van der Waals surface area contributed by atoms with Crippen LogP contribution in [0.15, 0.2) is 4.52 Å². The molecule has 0 aliphatic heterocycles. The number of nitrogens with one attached hydrogen (secondary N) is 1. The fourth-order valence-electron chi connectivity index (χ4n) is 3.72. The molecule has 0 spiro atoms. The van der Waals surface area contributed by atoms with Gasteiger partial charge in [0.1, 0.15) is 0 Å². The van der Waals surface area contributed by atoms with Crippen molar-refractivity contribution >= 4 is 5.91 Å². The molecule has 6 heteroatoms. The minimum atomic E-state index is 0.0918. The van der Waals surface area contributed by atoms with E-state index in [4.69, 9.17) is 10.3 Å². The third-order valence-corrected chi connectivity index (χ3v) is 4.77. The Balaban J connectivity index is 1.55. The van der Waals surface area contributed by atoms with E-state index in [1.165, 1.54) is 19.3 Å². The smallest absolute Gasteiger partial charge is 0.246 e. The fourth-order valence-corrected chi connectivity index (χ4v) is 3.72. The number of rotatable bonds is 3. The van der Waals surface area contributed by atoms with E-state index >= 15 is 0 Å². The highest BCUT2D eigenvalue weighted by Gasteiger charge is 2.40. The second-order valence-electron chi connectivity index (χ2n) is 6.15. The molecule has 2 unspecified atom stereocenters. The van der Waals surface area contributed by atoms with E-state index in [2.05, 4.69) is 15.5 Å². The first-order valence-corrected chi connectivity index (χ1v) is 7.46. The lowest BCUT2D eigenvalue weighted by molar-refractivity contribution is -0.128. The molecule has 110 valence electrons. The minimum absolute atomic E-state index is 0.0918. The molecule has 2 bridgehead atoms. The third kappa shape index (κ3) is 2.70. The number of carbonyl (C=O) groups is 1. The van der Waals surface area contributed by atoms with Crippen LogP contribution in [0.2, 0.25) is 0 Å². The van der Waals surface area contributed by atoms with Gasteiger partial charge in [0.2, 0.25) is 11.8 Å². The predicted molar refractivity (Wildman–Crippen MR) is 72.4 cm³/mol. The lowest BCUT2D eigenvalue weighted by atomic mass is 9.65. The van der Waals surface area contributed by atoms with Crippen molar-refractivity contribution in [1.29, 1.82) is 0 Å². The Bertz CT molecular complexity index is 473. The molecule has 1 amide bonds. The number of aromatic nitrogens is 2. The van der Waals surface area contributed by atoms with Gasteiger partial charge in [-0.3, -0.25) is 4.79 Å². The quantitative estimate of drug-likeness (QED) is 0.865. The molecule has 3 N–H and O–H groups in total. The van der Waals surface area contributed by atoms with Gasteiger partial charge in [-0.25, -0.2) is 0 Å². The number of carbonyl (C=O) groups excluding carboxylic acids is 1. The fraction of sp³-hybridized carbons (Fsp3) is 0.786. The molecule has 1 aromatic rings. The maximum Gasteiger partial charge on any atom is 0.246 e. The van der Waals surface area contributed by atoms with E-state index in [1.54, 1.807) is 6.92 Å². The summed E-state index contributed by atoms with van der Waals surface area (Å²) < 4.78 is 5.00. The topological polar surface area (TPSA) is 94.0 Å². The Hall–Kier alpha value is -1.43. The molecular formula is C14H22N4O2. The summed E-state index contributed by atoms with van der Waals surface area (Å²) >= 11 is 0. The van der Waals surface area contributed by atoms with Crippen LogP contribution in [0.25, 0.3) is 0 Å². The number of hydrogen-bond donors (Lipinski definition) is 2. The lowest BCUT2D eigenvalue weighted by Crippen LogP contribution is -2.49. The second kappa shape index (κ2) is 5.52. The first-order chi connectivity index (χ1) is 9.63. The van der Waals surface area contributed by atoms with Crippen molar-refractivity contribution in [3.63, 3.8) is 0 Å². The van der Waals surface area contributed by atoms with Crippen molar-refractivity contribution in [3.05, 3.63) is 11.7 Å². The maximum atomic E-state index is 12.3. The van der Waals surface area contributed by atoms with Gasteiger partial charge in [0.25, 0.3) is 0 Å². The minimum Gasteiger partial charge on any atom is -0.347 e. The molecule has 20 heavy (non-hydrogen) atoms. The van der Waals surface area contributed by atoms with Crippen LogP contribution >= 0.6 is 0 Å². The van der Waals surface area contributed by atoms with Crippen LogP contribution in [0.1, 0.15) is 43.8 Å². The van der Waals surface area contributed by atoms with Crippen molar-refractivity contribution < 1.29 is 9.32 Å². The number of aryl methyl sites for hydroxylation is 1. The average molecular weight is 278 g/mol. The number of nitrogens with two attached hydrogens (primary N) is 1. The number of amides is 1. The van der Waals surface area contributed by atoms with Crippen molar-refractivity contribution in [1.82, 2.24) is 15.5 Å². The predicted octanol–water partition coefficient (Wildman–Crippen LogP) is 1.15. The van der Waals surface area contributed by atoms with Crippen LogP contribution in [0.3, 0.4) is 0 Å². The SMILES string of the molecule is Cc1noc(CNC(=O)C2CC3CCCC(C2)C3N)n1. The van der Waals surface area contributed by atoms with Gasteiger partial charge in [-0.05, 0) is 44.4 Å². The van der Waals surface area contributed by atoms with Gasteiger partial charge in [0.15, 0.2) is 5.82 Å². The van der Waals surface area contributed by atoms with Gasteiger partial charge in [0.05, 0.1) is 6.54 Å². The average Bonchev–Trinajstić information content (AvgIpc) is 2.81. The Morgan fingerprint density at radius 3 is 2.70 bits per heavy atom. The van der Waals surface area contributed by atoms with E-state index in [9.17, 15) is 4.79 Å². The van der Waals surface area contributed by atoms with Gasteiger partial charge in [-0.2, -0.15) is 4.98 Å². The van der Waals surface area contributed by atoms with Gasteiger partial charge in [0, 0.05) is 12.0 Å². The van der Waals surface area contributed by atoms with Crippen LogP contribution in [-0.4, -0.2) is 22.1 Å². The molecule has 3 rings (SSSR count). The summed E-state index contributed by atoms with van der Waals surface area (Å²) in [6.45, 7) is 2.08. The summed E-state index contributed by atoms with van der Waals surface area (Å²) in [4.78, 5) is 16.4. The number of nitrogens with zero attached hydrogens (tertiary/aromatic N) is 2. The maximum absolute atomic E-state index is 12.3. The number of hydrogen-bond acceptors (Lipinski definition) is 5. The van der Waals surface area contributed by atoms with E-state index in [-0.39, 0.29) is 11.8 Å². The van der Waals surface area contributed by atoms with Crippen LogP contribution < -0.4 is 11.1 Å². The molecule has 2 saturated carbocycles. The molecule has 2 fully saturated rings. The van der Waals surface area contributed by atoms with Crippen molar-refractivity contribution in [3.8, 4) is 0 Å². The van der Waals surface area contributed by atoms with Crippen LogP contribution in [-0.2, 0) is 11.3 Å². The number of fused-ring (bicyclic) bond motifs is 2. The van der Waals surface area contributed by atoms with Crippen molar-refractivity contribution in [2.24, 2.45) is 23.5 Å². The van der Waals surface area contributed by atoms with Crippen molar-refractivity contribution in [2.45, 2.75) is 51.6 Å². The zero-order valence-electron chi connectivity index (χ0n) is 11.8. The molecule has 0 saturated heterocycles. The third-order valence-electron chi connectivity index (χ3n) is 4.77. The molecular weight excluding hydrogens is 256 g/mol. The zero-order chi connectivity index (χ0) is 14.1. The van der Waals surface area contributed by atoms with E-state index in [0.29, 0.717) is 36.1 Å². The standard InChI is InChI=1S/C14H22N4O2/c1-8-17-12(20-18-8)7-16-14(19)11-5-9-3-2-4-10(6-11)13(9)15/h9-11,13H,2-7,15H2,1H3,(H,16,19). The van der Waals surface area contributed by atoms with Crippen LogP contribution in [0.4, 0.5) is 0 Å². The van der Waals surface area contributed by atoms with E-state index in [0.717, 1.165) is 12.8 Å². The summed E-state index contributed by atoms with van der Waals surface area (Å²) in [6, 6.07) is 0.298. The highest BCUT2D eigenvalue weighted by atomic mass is 16.5. The van der Waals surface area contributed by atoms with E-state index in [1.807, 2.05) is 0 Å². The first-order valence-electron chi connectivity index (χ1n) is 7.46. The Labute approximate surface area is 118 Å². The normalized spacial score (nSPS) is 32.9. The molecule has 2 atom stereocenters. The molecule has 1 aromatic heterocycles. The van der Waals surface area contributed by atoms with Crippen LogP contribution in [0.5, 0.6) is 0 Å². The summed E-state index contributed by atoms with van der Waals surface area (Å²) in [5.74, 6) is 2.28. The molecule has 2 aliphatic rings. The highest BCUT2D eigenvalue weighted by Crippen LogP contribution is 2.41. The van der Waals surface area contributed by atoms with Gasteiger partial charge in [-0.1, -0.05) is 11.6 Å². The summed E-state index contributed by atoms with van der Waals surface area (Å²) in [6.07, 6.45) is 5.45. The summed E-state index contributed by atoms with van der Waals surface area (Å²) in [5.41, 5.74) is 6.25. The first kappa shape index (κ1) is 13.5. The Kier molecular flexibility index (Phi) is 3.74. The Morgan fingerprint density at radius 1 is 1.40 bits per heavy atom. The molecule has 0 aromatic carbocycles. The summed E-state index contributed by atoms with van der Waals surface area (Å²) in [7, 11) is 0. The molecule has 0 radical (unpaired) electrons. The molecule has 6 nitrogen and oxygen atoms in total. The lowest BCUT2D eigenvalue weighted by Gasteiger charge is -2.43. The largest absolute Gasteiger partial charge is 0.347 e. The molecule has 2 aliphatic carbocycles. The van der Waals surface area contributed by atoms with E-state index < -0.39 is 0 Å². The highest BCUT2D eigenvalue weighted by molar-refractivity contribution is 5.78. The molecule has 1 heterocycles.